The van der Waals surface area contributed by atoms with Crippen LogP contribution in [0.15, 0.2) is 24.3 Å². The van der Waals surface area contributed by atoms with Gasteiger partial charge in [-0.3, -0.25) is 10.1 Å². The number of aliphatic carboxylic acids is 1. The van der Waals surface area contributed by atoms with Crippen LogP contribution in [0.3, 0.4) is 0 Å². The molecule has 0 aliphatic rings. The molecule has 0 aliphatic carbocycles. The second-order valence-corrected chi connectivity index (χ2v) is 2.56. The van der Waals surface area contributed by atoms with E-state index in [-0.39, 0.29) is 5.56 Å². The molecule has 1 aromatic carbocycles. The first-order valence-electron chi connectivity index (χ1n) is 3.68. The van der Waals surface area contributed by atoms with Gasteiger partial charge in [0.2, 0.25) is 0 Å². The normalized spacial score (nSPS) is 12.1. The molecule has 0 saturated heterocycles. The van der Waals surface area contributed by atoms with E-state index in [9.17, 15) is 14.9 Å². The number of carboxylic acid groups (broad SMARTS) is 1. The number of nitro groups is 1. The summed E-state index contributed by atoms with van der Waals surface area (Å²) >= 11 is 0. The Kier molecular flexibility index (Phi) is 2.78. The van der Waals surface area contributed by atoms with Crippen LogP contribution >= 0.6 is 0 Å². The zero-order valence-electron chi connectivity index (χ0n) is 6.95. The average molecular weight is 197 g/mol. The number of carbonyl (C=O) groups is 1. The van der Waals surface area contributed by atoms with E-state index in [4.69, 9.17) is 10.2 Å². The maximum atomic E-state index is 10.5. The van der Waals surface area contributed by atoms with Crippen molar-refractivity contribution >= 4 is 11.7 Å². The Balaban J connectivity index is 3.19. The predicted molar refractivity (Wildman–Crippen MR) is 45.7 cm³/mol. The third kappa shape index (κ3) is 1.86. The molecule has 0 bridgehead atoms. The van der Waals surface area contributed by atoms with Crippen molar-refractivity contribution in [2.24, 2.45) is 0 Å². The molecule has 0 aliphatic heterocycles. The van der Waals surface area contributed by atoms with Crippen LogP contribution in [0.25, 0.3) is 0 Å². The molecule has 0 aromatic heterocycles. The number of rotatable bonds is 3. The molecule has 2 N–H and O–H groups in total. The van der Waals surface area contributed by atoms with Gasteiger partial charge in [-0.15, -0.1) is 0 Å². The first-order chi connectivity index (χ1) is 6.54. The summed E-state index contributed by atoms with van der Waals surface area (Å²) < 4.78 is 0. The Hall–Kier alpha value is -1.95. The zero-order valence-corrected chi connectivity index (χ0v) is 6.95. The summed E-state index contributed by atoms with van der Waals surface area (Å²) in [5, 5.41) is 28.0. The lowest BCUT2D eigenvalue weighted by Crippen LogP contribution is -2.12. The Bertz CT molecular complexity index is 376. The molecule has 0 spiro atoms. The van der Waals surface area contributed by atoms with E-state index >= 15 is 0 Å². The summed E-state index contributed by atoms with van der Waals surface area (Å²) in [4.78, 5) is 20.1. The fourth-order valence-corrected chi connectivity index (χ4v) is 1.02. The van der Waals surface area contributed by atoms with E-state index in [1.807, 2.05) is 0 Å². The van der Waals surface area contributed by atoms with Gasteiger partial charge in [0.05, 0.1) is 10.5 Å². The van der Waals surface area contributed by atoms with E-state index in [0.717, 1.165) is 6.07 Å². The van der Waals surface area contributed by atoms with Crippen LogP contribution in [0, 0.1) is 10.1 Å². The first-order valence-corrected chi connectivity index (χ1v) is 3.68. The van der Waals surface area contributed by atoms with Crippen LogP contribution < -0.4 is 0 Å². The van der Waals surface area contributed by atoms with Gasteiger partial charge in [-0.25, -0.2) is 4.79 Å². The SMILES string of the molecule is O=C(O)C(O)c1ccccc1[N+](=O)[O-]. The molecule has 14 heavy (non-hydrogen) atoms. The van der Waals surface area contributed by atoms with Gasteiger partial charge in [0.15, 0.2) is 6.10 Å². The third-order valence-corrected chi connectivity index (χ3v) is 1.66. The number of nitro benzene ring substituents is 1. The quantitative estimate of drug-likeness (QED) is 0.549. The summed E-state index contributed by atoms with van der Waals surface area (Å²) in [6.45, 7) is 0. The van der Waals surface area contributed by atoms with E-state index in [0.29, 0.717) is 0 Å². The monoisotopic (exact) mass is 197 g/mol. The van der Waals surface area contributed by atoms with Crippen LogP contribution in [0.4, 0.5) is 5.69 Å². The number of nitrogens with zero attached hydrogens (tertiary/aromatic N) is 1. The highest BCUT2D eigenvalue weighted by molar-refractivity contribution is 5.75. The number of hydrogen-bond acceptors (Lipinski definition) is 4. The number of aliphatic hydroxyl groups is 1. The third-order valence-electron chi connectivity index (χ3n) is 1.66. The molecule has 6 nitrogen and oxygen atoms in total. The predicted octanol–water partition coefficient (Wildman–Crippen LogP) is 0.713. The van der Waals surface area contributed by atoms with Crippen molar-refractivity contribution in [1.29, 1.82) is 0 Å². The highest BCUT2D eigenvalue weighted by atomic mass is 16.6. The fraction of sp³-hybridized carbons (Fsp3) is 0.125. The molecule has 1 unspecified atom stereocenters. The molecular weight excluding hydrogens is 190 g/mol. The summed E-state index contributed by atoms with van der Waals surface area (Å²) in [5.41, 5.74) is -0.618. The van der Waals surface area contributed by atoms with Crippen molar-refractivity contribution in [3.8, 4) is 0 Å². The van der Waals surface area contributed by atoms with Crippen LogP contribution in [0.2, 0.25) is 0 Å². The minimum absolute atomic E-state index is 0.218. The van der Waals surface area contributed by atoms with Crippen molar-refractivity contribution < 1.29 is 19.9 Å². The van der Waals surface area contributed by atoms with Crippen LogP contribution in [-0.4, -0.2) is 21.1 Å². The molecule has 1 atom stereocenters. The van der Waals surface area contributed by atoms with Gasteiger partial charge in [0.25, 0.3) is 5.69 Å². The Labute approximate surface area is 78.6 Å². The maximum absolute atomic E-state index is 10.5. The summed E-state index contributed by atoms with van der Waals surface area (Å²) in [5.74, 6) is -1.51. The largest absolute Gasteiger partial charge is 0.479 e. The molecule has 0 radical (unpaired) electrons. The second-order valence-electron chi connectivity index (χ2n) is 2.56. The van der Waals surface area contributed by atoms with Crippen molar-refractivity contribution in [2.45, 2.75) is 6.10 Å². The van der Waals surface area contributed by atoms with Gasteiger partial charge < -0.3 is 10.2 Å². The molecule has 0 heterocycles. The molecule has 1 rings (SSSR count). The number of aliphatic hydroxyl groups excluding tert-OH is 1. The number of hydrogen-bond donors (Lipinski definition) is 2. The fourth-order valence-electron chi connectivity index (χ4n) is 1.02. The van der Waals surface area contributed by atoms with Gasteiger partial charge in [0.1, 0.15) is 0 Å². The lowest BCUT2D eigenvalue weighted by atomic mass is 10.1. The highest BCUT2D eigenvalue weighted by Crippen LogP contribution is 2.24. The topological polar surface area (TPSA) is 101 Å². The number of carboxylic acids is 1. The number of para-hydroxylation sites is 1. The minimum atomic E-state index is -1.86. The van der Waals surface area contributed by atoms with Crippen LogP contribution in [0.1, 0.15) is 11.7 Å². The summed E-state index contributed by atoms with van der Waals surface area (Å²) in [6, 6.07) is 5.17. The lowest BCUT2D eigenvalue weighted by Gasteiger charge is -2.05. The molecule has 74 valence electrons. The zero-order chi connectivity index (χ0) is 10.7. The van der Waals surface area contributed by atoms with Gasteiger partial charge in [0, 0.05) is 6.07 Å². The molecule has 0 fully saturated rings. The van der Waals surface area contributed by atoms with Crippen LogP contribution in [-0.2, 0) is 4.79 Å². The number of benzene rings is 1. The molecule has 6 heteroatoms. The Morgan fingerprint density at radius 3 is 2.50 bits per heavy atom. The van der Waals surface area contributed by atoms with Gasteiger partial charge in [-0.2, -0.15) is 0 Å². The standard InChI is InChI=1S/C8H7NO5/c10-7(8(11)12)5-3-1-2-4-6(5)9(13)14/h1-4,7,10H,(H,11,12). The van der Waals surface area contributed by atoms with E-state index in [1.54, 1.807) is 0 Å². The van der Waals surface area contributed by atoms with Crippen molar-refractivity contribution in [3.05, 3.63) is 39.9 Å². The highest BCUT2D eigenvalue weighted by Gasteiger charge is 2.24. The van der Waals surface area contributed by atoms with E-state index in [1.165, 1.54) is 18.2 Å². The maximum Gasteiger partial charge on any atom is 0.337 e. The molecular formula is C8H7NO5. The minimum Gasteiger partial charge on any atom is -0.479 e. The first kappa shape index (κ1) is 10.1. The summed E-state index contributed by atoms with van der Waals surface area (Å²) in [7, 11) is 0. The van der Waals surface area contributed by atoms with Gasteiger partial charge in [-0.1, -0.05) is 12.1 Å². The Morgan fingerprint density at radius 1 is 1.43 bits per heavy atom. The van der Waals surface area contributed by atoms with Crippen LogP contribution in [0.5, 0.6) is 0 Å². The molecule has 0 saturated carbocycles. The van der Waals surface area contributed by atoms with Gasteiger partial charge in [-0.05, 0) is 6.07 Å². The lowest BCUT2D eigenvalue weighted by molar-refractivity contribution is -0.386. The smallest absolute Gasteiger partial charge is 0.337 e. The van der Waals surface area contributed by atoms with Gasteiger partial charge >= 0.3 is 5.97 Å². The second kappa shape index (κ2) is 3.84. The molecule has 1 aromatic rings. The average Bonchev–Trinajstić information content (AvgIpc) is 2.16. The van der Waals surface area contributed by atoms with Crippen molar-refractivity contribution in [1.82, 2.24) is 0 Å². The Morgan fingerprint density at radius 2 is 2.00 bits per heavy atom. The molecule has 0 amide bonds. The van der Waals surface area contributed by atoms with Crippen molar-refractivity contribution in [2.75, 3.05) is 0 Å². The van der Waals surface area contributed by atoms with Crippen molar-refractivity contribution in [3.63, 3.8) is 0 Å². The van der Waals surface area contributed by atoms with E-state index in [2.05, 4.69) is 0 Å². The van der Waals surface area contributed by atoms with E-state index < -0.39 is 22.7 Å². The summed E-state index contributed by atoms with van der Waals surface area (Å²) in [6.07, 6.45) is -1.86.